The lowest BCUT2D eigenvalue weighted by atomic mass is 10.0. The number of pyridine rings is 1. The van der Waals surface area contributed by atoms with E-state index >= 15 is 0 Å². The maximum Gasteiger partial charge on any atom is 0.339 e. The van der Waals surface area contributed by atoms with E-state index in [1.54, 1.807) is 31.3 Å². The lowest BCUT2D eigenvalue weighted by molar-refractivity contribution is -0.121. The average molecular weight is 425 g/mol. The van der Waals surface area contributed by atoms with Gasteiger partial charge in [-0.3, -0.25) is 9.78 Å². The Kier molecular flexibility index (Phi) is 5.00. The number of esters is 1. The van der Waals surface area contributed by atoms with Crippen LogP contribution in [0.4, 0.5) is 5.69 Å². The van der Waals surface area contributed by atoms with Crippen molar-refractivity contribution in [3.8, 4) is 0 Å². The molecule has 2 N–H and O–H groups in total. The molecule has 8 nitrogen and oxygen atoms in total. The number of fused-ring (bicyclic) bond motifs is 2. The molecule has 1 amide bonds. The van der Waals surface area contributed by atoms with Gasteiger partial charge in [0, 0.05) is 23.8 Å². The van der Waals surface area contributed by atoms with Crippen LogP contribution in [0.5, 0.6) is 0 Å². The summed E-state index contributed by atoms with van der Waals surface area (Å²) in [5.74, 6) is -0.982. The van der Waals surface area contributed by atoms with Gasteiger partial charge in [0.1, 0.15) is 0 Å². The van der Waals surface area contributed by atoms with Crippen LogP contribution in [0.1, 0.15) is 21.5 Å². The molecule has 0 spiro atoms. The number of hydrogen-bond donors (Lipinski definition) is 1. The van der Waals surface area contributed by atoms with Crippen LogP contribution in [-0.2, 0) is 26.0 Å². The van der Waals surface area contributed by atoms with E-state index in [2.05, 4.69) is 4.98 Å². The van der Waals surface area contributed by atoms with Crippen LogP contribution in [0.15, 0.2) is 53.6 Å². The van der Waals surface area contributed by atoms with Gasteiger partial charge >= 0.3 is 5.97 Å². The number of hydrogen-bond acceptors (Lipinski definition) is 6. The highest BCUT2D eigenvalue weighted by molar-refractivity contribution is 7.89. The zero-order valence-corrected chi connectivity index (χ0v) is 17.0. The molecule has 1 aliphatic rings. The first kappa shape index (κ1) is 20.0. The molecule has 3 aromatic rings. The van der Waals surface area contributed by atoms with Gasteiger partial charge in [-0.15, -0.1) is 0 Å². The normalized spacial score (nSPS) is 13.3. The number of benzene rings is 2. The van der Waals surface area contributed by atoms with Crippen molar-refractivity contribution < 1.29 is 22.7 Å². The fourth-order valence-electron chi connectivity index (χ4n) is 3.60. The van der Waals surface area contributed by atoms with Crippen molar-refractivity contribution in [3.05, 3.63) is 65.4 Å². The number of aromatic nitrogens is 1. The Hall–Kier alpha value is -3.30. The SMILES string of the molecule is Cc1cnc2ccccc2c1C(=O)OCC(=O)N1CCc2cc(S(N)(=O)=O)ccc21. The first-order valence-electron chi connectivity index (χ1n) is 9.23. The highest BCUT2D eigenvalue weighted by Crippen LogP contribution is 2.30. The molecule has 2 heterocycles. The van der Waals surface area contributed by atoms with Gasteiger partial charge in [0.05, 0.1) is 16.0 Å². The van der Waals surface area contributed by atoms with E-state index in [9.17, 15) is 18.0 Å². The molecule has 0 fully saturated rings. The molecular weight excluding hydrogens is 406 g/mol. The Bertz CT molecular complexity index is 1290. The molecule has 0 radical (unpaired) electrons. The number of nitrogens with two attached hydrogens (primary N) is 1. The number of sulfonamides is 1. The van der Waals surface area contributed by atoms with Crippen LogP contribution >= 0.6 is 0 Å². The van der Waals surface area contributed by atoms with Gasteiger partial charge in [-0.25, -0.2) is 18.4 Å². The monoisotopic (exact) mass is 425 g/mol. The van der Waals surface area contributed by atoms with Crippen molar-refractivity contribution in [1.29, 1.82) is 0 Å². The number of nitrogens with zero attached hydrogens (tertiary/aromatic N) is 2. The Labute approximate surface area is 173 Å². The van der Waals surface area contributed by atoms with Crippen LogP contribution in [0.2, 0.25) is 0 Å². The molecule has 154 valence electrons. The Morgan fingerprint density at radius 3 is 2.73 bits per heavy atom. The van der Waals surface area contributed by atoms with E-state index in [4.69, 9.17) is 9.88 Å². The molecule has 4 rings (SSSR count). The number of carbonyl (C=O) groups is 2. The molecule has 0 saturated carbocycles. The van der Waals surface area contributed by atoms with E-state index in [1.807, 2.05) is 12.1 Å². The lowest BCUT2D eigenvalue weighted by Gasteiger charge is -2.18. The quantitative estimate of drug-likeness (QED) is 0.638. The predicted molar refractivity (Wildman–Crippen MR) is 111 cm³/mol. The molecule has 9 heteroatoms. The standard InChI is InChI=1S/C21H19N3O5S/c1-13-11-23-17-5-3-2-4-16(17)20(13)21(26)29-12-19(25)24-9-8-14-10-15(30(22,27)28)6-7-18(14)24/h2-7,10-11H,8-9,12H2,1H3,(H2,22,27,28). The summed E-state index contributed by atoms with van der Waals surface area (Å²) in [7, 11) is -3.81. The number of rotatable bonds is 4. The second-order valence-corrected chi connectivity index (χ2v) is 8.60. The summed E-state index contributed by atoms with van der Waals surface area (Å²) in [4.78, 5) is 31.1. The van der Waals surface area contributed by atoms with Crippen LogP contribution in [-0.4, -0.2) is 38.4 Å². The molecule has 2 aromatic carbocycles. The minimum atomic E-state index is -3.81. The van der Waals surface area contributed by atoms with Gasteiger partial charge in [0.2, 0.25) is 10.0 Å². The van der Waals surface area contributed by atoms with Gasteiger partial charge in [0.15, 0.2) is 6.61 Å². The summed E-state index contributed by atoms with van der Waals surface area (Å²) in [6, 6.07) is 11.6. The molecule has 0 atom stereocenters. The second-order valence-electron chi connectivity index (χ2n) is 7.04. The number of amides is 1. The molecule has 0 aliphatic carbocycles. The van der Waals surface area contributed by atoms with Crippen molar-refractivity contribution in [1.82, 2.24) is 4.98 Å². The smallest absolute Gasteiger partial charge is 0.339 e. The summed E-state index contributed by atoms with van der Waals surface area (Å²) in [5.41, 5.74) is 3.01. The maximum atomic E-state index is 12.7. The van der Waals surface area contributed by atoms with Crippen LogP contribution < -0.4 is 10.0 Å². The molecular formula is C21H19N3O5S. The van der Waals surface area contributed by atoms with Gasteiger partial charge in [0.25, 0.3) is 5.91 Å². The molecule has 30 heavy (non-hydrogen) atoms. The van der Waals surface area contributed by atoms with E-state index in [1.165, 1.54) is 17.0 Å². The minimum Gasteiger partial charge on any atom is -0.452 e. The molecule has 0 unspecified atom stereocenters. The summed E-state index contributed by atoms with van der Waals surface area (Å²) >= 11 is 0. The number of carbonyl (C=O) groups excluding carboxylic acids is 2. The highest BCUT2D eigenvalue weighted by atomic mass is 32.2. The largest absolute Gasteiger partial charge is 0.452 e. The van der Waals surface area contributed by atoms with Crippen molar-refractivity contribution in [2.24, 2.45) is 5.14 Å². The van der Waals surface area contributed by atoms with E-state index in [0.717, 1.165) is 0 Å². The second kappa shape index (κ2) is 7.51. The van der Waals surface area contributed by atoms with Crippen molar-refractivity contribution in [3.63, 3.8) is 0 Å². The van der Waals surface area contributed by atoms with Crippen molar-refractivity contribution >= 4 is 38.5 Å². The number of aryl methyl sites for hydroxylation is 1. The first-order valence-corrected chi connectivity index (χ1v) is 10.8. The first-order chi connectivity index (χ1) is 14.3. The van der Waals surface area contributed by atoms with Gasteiger partial charge in [-0.05, 0) is 48.7 Å². The molecule has 1 aliphatic heterocycles. The zero-order valence-electron chi connectivity index (χ0n) is 16.2. The summed E-state index contributed by atoms with van der Waals surface area (Å²) in [6.07, 6.45) is 2.09. The van der Waals surface area contributed by atoms with E-state index in [0.29, 0.717) is 46.2 Å². The minimum absolute atomic E-state index is 0.00187. The summed E-state index contributed by atoms with van der Waals surface area (Å²) in [6.45, 7) is 1.71. The highest BCUT2D eigenvalue weighted by Gasteiger charge is 2.27. The Balaban J connectivity index is 1.51. The molecule has 0 saturated heterocycles. The number of primary sulfonamides is 1. The van der Waals surface area contributed by atoms with Crippen LogP contribution in [0.25, 0.3) is 10.9 Å². The average Bonchev–Trinajstić information content (AvgIpc) is 3.14. The fourth-order valence-corrected chi connectivity index (χ4v) is 4.17. The number of anilines is 1. The van der Waals surface area contributed by atoms with Gasteiger partial charge in [-0.2, -0.15) is 0 Å². The van der Waals surface area contributed by atoms with E-state index < -0.39 is 22.6 Å². The zero-order chi connectivity index (χ0) is 21.5. The molecule has 0 bridgehead atoms. The van der Waals surface area contributed by atoms with Gasteiger partial charge < -0.3 is 9.64 Å². The predicted octanol–water partition coefficient (Wildman–Crippen LogP) is 1.94. The summed E-state index contributed by atoms with van der Waals surface area (Å²) < 4.78 is 28.3. The third kappa shape index (κ3) is 3.64. The van der Waals surface area contributed by atoms with Crippen LogP contribution in [0.3, 0.4) is 0 Å². The van der Waals surface area contributed by atoms with Crippen LogP contribution in [0, 0.1) is 6.92 Å². The van der Waals surface area contributed by atoms with Crippen molar-refractivity contribution in [2.45, 2.75) is 18.2 Å². The number of ether oxygens (including phenoxy) is 1. The third-order valence-electron chi connectivity index (χ3n) is 5.07. The fraction of sp³-hybridized carbons (Fsp3) is 0.190. The Morgan fingerprint density at radius 2 is 1.97 bits per heavy atom. The maximum absolute atomic E-state index is 12.7. The van der Waals surface area contributed by atoms with E-state index in [-0.39, 0.29) is 10.8 Å². The Morgan fingerprint density at radius 1 is 1.20 bits per heavy atom. The number of para-hydroxylation sites is 1. The van der Waals surface area contributed by atoms with Crippen molar-refractivity contribution in [2.75, 3.05) is 18.1 Å². The third-order valence-corrected chi connectivity index (χ3v) is 5.98. The summed E-state index contributed by atoms with van der Waals surface area (Å²) in [5, 5.41) is 5.83. The molecule has 1 aromatic heterocycles. The van der Waals surface area contributed by atoms with Gasteiger partial charge in [-0.1, -0.05) is 18.2 Å². The topological polar surface area (TPSA) is 120 Å². The lowest BCUT2D eigenvalue weighted by Crippen LogP contribution is -2.33.